The highest BCUT2D eigenvalue weighted by atomic mass is 16.3. The molecule has 1 aromatic carbocycles. The number of anilines is 1. The average Bonchev–Trinajstić information content (AvgIpc) is 2.70. The molecule has 0 radical (unpaired) electrons. The minimum Gasteiger partial charge on any atom is -0.390 e. The summed E-state index contributed by atoms with van der Waals surface area (Å²) < 4.78 is 0. The summed E-state index contributed by atoms with van der Waals surface area (Å²) in [4.78, 5) is 11.6. The number of pyridine rings is 1. The van der Waals surface area contributed by atoms with E-state index < -0.39 is 0 Å². The van der Waals surface area contributed by atoms with Crippen LogP contribution in [0.2, 0.25) is 0 Å². The Kier molecular flexibility index (Phi) is 5.48. The van der Waals surface area contributed by atoms with E-state index in [0.29, 0.717) is 0 Å². The number of aliphatic hydroxyl groups excluding tert-OH is 1. The highest BCUT2D eigenvalue weighted by Gasteiger charge is 2.33. The van der Waals surface area contributed by atoms with Gasteiger partial charge in [-0.2, -0.15) is 0 Å². The number of hydrogen-bond acceptors (Lipinski definition) is 5. The van der Waals surface area contributed by atoms with Gasteiger partial charge in [-0.1, -0.05) is 36.4 Å². The quantitative estimate of drug-likeness (QED) is 0.910. The van der Waals surface area contributed by atoms with Crippen molar-refractivity contribution in [1.82, 2.24) is 14.8 Å². The van der Waals surface area contributed by atoms with Crippen molar-refractivity contribution in [3.8, 4) is 0 Å². The number of hydrogen-bond donors (Lipinski definition) is 1. The maximum Gasteiger partial charge on any atom is 0.128 e. The fourth-order valence-corrected chi connectivity index (χ4v) is 4.22. The summed E-state index contributed by atoms with van der Waals surface area (Å²) in [5, 5.41) is 10.7. The van der Waals surface area contributed by atoms with Gasteiger partial charge in [0.2, 0.25) is 0 Å². The molecule has 5 nitrogen and oxygen atoms in total. The average molecular weight is 352 g/mol. The van der Waals surface area contributed by atoms with Crippen molar-refractivity contribution in [3.05, 3.63) is 60.3 Å². The summed E-state index contributed by atoms with van der Waals surface area (Å²) >= 11 is 0. The summed E-state index contributed by atoms with van der Waals surface area (Å²) in [5.74, 6) is 1.06. The van der Waals surface area contributed by atoms with Crippen LogP contribution in [0, 0.1) is 0 Å². The van der Waals surface area contributed by atoms with Crippen LogP contribution < -0.4 is 4.90 Å². The van der Waals surface area contributed by atoms with Crippen LogP contribution in [0.3, 0.4) is 0 Å². The van der Waals surface area contributed by atoms with Gasteiger partial charge in [-0.3, -0.25) is 9.80 Å². The molecule has 1 aromatic heterocycles. The number of piperazine rings is 1. The molecule has 4 rings (SSSR count). The summed E-state index contributed by atoms with van der Waals surface area (Å²) in [5.41, 5.74) is 1.32. The zero-order valence-electron chi connectivity index (χ0n) is 15.2. The Hall–Kier alpha value is -1.95. The lowest BCUT2D eigenvalue weighted by Crippen LogP contribution is -2.58. The Bertz CT molecular complexity index is 673. The van der Waals surface area contributed by atoms with Crippen LogP contribution in [0.1, 0.15) is 12.0 Å². The molecular formula is C21H28N4O. The first kappa shape index (κ1) is 17.5. The molecular weight excluding hydrogens is 324 g/mol. The van der Waals surface area contributed by atoms with Crippen LogP contribution >= 0.6 is 0 Å². The molecule has 5 heteroatoms. The molecule has 0 spiro atoms. The smallest absolute Gasteiger partial charge is 0.128 e. The summed E-state index contributed by atoms with van der Waals surface area (Å²) in [7, 11) is 0. The van der Waals surface area contributed by atoms with E-state index >= 15 is 0 Å². The van der Waals surface area contributed by atoms with Gasteiger partial charge in [0.25, 0.3) is 0 Å². The number of piperidine rings is 1. The highest BCUT2D eigenvalue weighted by molar-refractivity contribution is 5.38. The van der Waals surface area contributed by atoms with E-state index in [1.54, 1.807) is 0 Å². The number of nitrogens with zero attached hydrogens (tertiary/aromatic N) is 4. The molecule has 0 amide bonds. The molecule has 0 saturated carbocycles. The van der Waals surface area contributed by atoms with Gasteiger partial charge in [-0.15, -0.1) is 0 Å². The number of rotatable bonds is 4. The molecule has 2 aliphatic rings. The first-order valence-corrected chi connectivity index (χ1v) is 9.64. The van der Waals surface area contributed by atoms with E-state index in [0.717, 1.165) is 58.1 Å². The van der Waals surface area contributed by atoms with Crippen molar-refractivity contribution < 1.29 is 5.11 Å². The third-order valence-corrected chi connectivity index (χ3v) is 5.64. The number of aromatic nitrogens is 1. The van der Waals surface area contributed by atoms with Crippen molar-refractivity contribution in [2.24, 2.45) is 0 Å². The standard InChI is InChI=1S/C21H28N4O/c26-20-17-23(16-18-6-2-1-3-7-18)11-9-19(20)24-12-14-25(15-13-24)21-8-4-5-10-22-21/h1-8,10,19-20,26H,9,11-17H2/t19-,20-/m1/s1. The van der Waals surface area contributed by atoms with Gasteiger partial charge in [-0.05, 0) is 24.1 Å². The zero-order valence-corrected chi connectivity index (χ0v) is 15.2. The van der Waals surface area contributed by atoms with E-state index in [1.165, 1.54) is 5.56 Å². The molecule has 2 fully saturated rings. The fraction of sp³-hybridized carbons (Fsp3) is 0.476. The van der Waals surface area contributed by atoms with Gasteiger partial charge in [-0.25, -0.2) is 4.98 Å². The minimum absolute atomic E-state index is 0.270. The first-order valence-electron chi connectivity index (χ1n) is 9.64. The van der Waals surface area contributed by atoms with Gasteiger partial charge in [0.1, 0.15) is 5.82 Å². The molecule has 26 heavy (non-hydrogen) atoms. The van der Waals surface area contributed by atoms with E-state index in [4.69, 9.17) is 0 Å². The molecule has 138 valence electrons. The van der Waals surface area contributed by atoms with Gasteiger partial charge in [0.05, 0.1) is 6.10 Å². The number of likely N-dealkylation sites (tertiary alicyclic amines) is 1. The number of benzene rings is 1. The Morgan fingerprint density at radius 2 is 1.69 bits per heavy atom. The van der Waals surface area contributed by atoms with E-state index in [9.17, 15) is 5.11 Å². The van der Waals surface area contributed by atoms with Crippen molar-refractivity contribution in [3.63, 3.8) is 0 Å². The lowest BCUT2D eigenvalue weighted by atomic mass is 9.98. The Morgan fingerprint density at radius 1 is 0.923 bits per heavy atom. The van der Waals surface area contributed by atoms with Crippen LogP contribution in [0.4, 0.5) is 5.82 Å². The van der Waals surface area contributed by atoms with E-state index in [2.05, 4.69) is 56.1 Å². The third kappa shape index (κ3) is 4.06. The van der Waals surface area contributed by atoms with Crippen molar-refractivity contribution in [2.75, 3.05) is 44.2 Å². The Morgan fingerprint density at radius 3 is 2.38 bits per heavy atom. The van der Waals surface area contributed by atoms with Crippen molar-refractivity contribution >= 4 is 5.82 Å². The molecule has 0 bridgehead atoms. The second-order valence-corrected chi connectivity index (χ2v) is 7.36. The van der Waals surface area contributed by atoms with E-state index in [1.807, 2.05) is 18.3 Å². The summed E-state index contributed by atoms with van der Waals surface area (Å²) in [6.45, 7) is 6.70. The molecule has 2 aromatic rings. The van der Waals surface area contributed by atoms with Crippen LogP contribution in [0.25, 0.3) is 0 Å². The maximum absolute atomic E-state index is 10.7. The largest absolute Gasteiger partial charge is 0.390 e. The fourth-order valence-electron chi connectivity index (χ4n) is 4.22. The monoisotopic (exact) mass is 352 g/mol. The van der Waals surface area contributed by atoms with Crippen molar-refractivity contribution in [2.45, 2.75) is 25.1 Å². The lowest BCUT2D eigenvalue weighted by molar-refractivity contribution is -0.0172. The molecule has 2 atom stereocenters. The second kappa shape index (κ2) is 8.16. The normalized spacial score (nSPS) is 25.3. The summed E-state index contributed by atoms with van der Waals surface area (Å²) in [6.07, 6.45) is 2.62. The minimum atomic E-state index is -0.270. The number of aliphatic hydroxyl groups is 1. The van der Waals surface area contributed by atoms with E-state index in [-0.39, 0.29) is 12.1 Å². The Balaban J connectivity index is 1.29. The first-order chi connectivity index (χ1) is 12.8. The second-order valence-electron chi connectivity index (χ2n) is 7.36. The Labute approximate surface area is 155 Å². The predicted molar refractivity (Wildman–Crippen MR) is 104 cm³/mol. The van der Waals surface area contributed by atoms with Crippen LogP contribution in [-0.4, -0.2) is 71.3 Å². The topological polar surface area (TPSA) is 42.8 Å². The molecule has 0 unspecified atom stereocenters. The molecule has 0 aliphatic carbocycles. The summed E-state index contributed by atoms with van der Waals surface area (Å²) in [6, 6.07) is 16.9. The van der Waals surface area contributed by atoms with Gasteiger partial charge in [0.15, 0.2) is 0 Å². The predicted octanol–water partition coefficient (Wildman–Crippen LogP) is 1.84. The van der Waals surface area contributed by atoms with Gasteiger partial charge >= 0.3 is 0 Å². The SMILES string of the molecule is O[C@@H]1CN(Cc2ccccc2)CC[C@H]1N1CCN(c2ccccn2)CC1. The van der Waals surface area contributed by atoms with Gasteiger partial charge < -0.3 is 10.0 Å². The van der Waals surface area contributed by atoms with Crippen LogP contribution in [0.15, 0.2) is 54.7 Å². The van der Waals surface area contributed by atoms with Crippen molar-refractivity contribution in [1.29, 1.82) is 0 Å². The molecule has 3 heterocycles. The molecule has 2 saturated heterocycles. The maximum atomic E-state index is 10.7. The van der Waals surface area contributed by atoms with Crippen LogP contribution in [-0.2, 0) is 6.54 Å². The third-order valence-electron chi connectivity index (χ3n) is 5.64. The number of β-amino-alcohol motifs (C(OH)–C–C–N with tert-alkyl or cyclic N) is 1. The molecule has 1 N–H and O–H groups in total. The zero-order chi connectivity index (χ0) is 17.8. The lowest BCUT2D eigenvalue weighted by Gasteiger charge is -2.45. The van der Waals surface area contributed by atoms with Gasteiger partial charge in [0, 0.05) is 58.1 Å². The molecule has 2 aliphatic heterocycles. The van der Waals surface area contributed by atoms with Crippen LogP contribution in [0.5, 0.6) is 0 Å². The highest BCUT2D eigenvalue weighted by Crippen LogP contribution is 2.22.